The maximum atomic E-state index is 14.0. The van der Waals surface area contributed by atoms with Crippen molar-refractivity contribution in [2.45, 2.75) is 70.6 Å². The molecule has 0 saturated carbocycles. The van der Waals surface area contributed by atoms with Crippen LogP contribution < -0.4 is 19.7 Å². The molecule has 0 spiro atoms. The van der Waals surface area contributed by atoms with Crippen molar-refractivity contribution >= 4 is 55.5 Å². The number of aromatic nitrogens is 2. The number of alkyl halides is 3. The Morgan fingerprint density at radius 3 is 2.54 bits per heavy atom. The fraction of sp³-hybridized carbons (Fsp3) is 0.408. The number of nitro benzene ring substituents is 1. The van der Waals surface area contributed by atoms with E-state index in [1.54, 1.807) is 48.4 Å². The number of hydrogen-bond donors (Lipinski definition) is 3. The molecule has 4 heterocycles. The lowest BCUT2D eigenvalue weighted by Gasteiger charge is -2.39. The number of benzene rings is 3. The number of aromatic amines is 1. The third-order valence-corrected chi connectivity index (χ3v) is 14.4. The van der Waals surface area contributed by atoms with E-state index in [4.69, 9.17) is 9.47 Å². The second-order valence-electron chi connectivity index (χ2n) is 18.6. The fourth-order valence-corrected chi connectivity index (χ4v) is 10.2. The van der Waals surface area contributed by atoms with Crippen LogP contribution in [0.3, 0.4) is 0 Å². The first-order valence-corrected chi connectivity index (χ1v) is 24.3. The maximum Gasteiger partial charge on any atom is 0.416 e. The predicted octanol–water partition coefficient (Wildman–Crippen LogP) is 8.54. The average molecular weight is 973 g/mol. The van der Waals surface area contributed by atoms with Gasteiger partial charge in [-0.3, -0.25) is 24.6 Å². The van der Waals surface area contributed by atoms with Crippen molar-refractivity contribution in [1.29, 1.82) is 0 Å². The normalized spacial score (nSPS) is 18.0. The fourth-order valence-electron chi connectivity index (χ4n) is 9.25. The number of aryl methyl sites for hydroxylation is 1. The molecule has 366 valence electrons. The molecule has 3 N–H and O–H groups in total. The molecule has 3 aromatic carbocycles. The van der Waals surface area contributed by atoms with E-state index >= 15 is 0 Å². The topological polar surface area (TPSA) is 192 Å². The number of hydrogen-bond acceptors (Lipinski definition) is 12. The van der Waals surface area contributed by atoms with Gasteiger partial charge in [-0.25, -0.2) is 18.1 Å². The molecule has 3 aliphatic rings. The average Bonchev–Trinajstić information content (AvgIpc) is 3.77. The van der Waals surface area contributed by atoms with E-state index in [0.717, 1.165) is 41.9 Å². The van der Waals surface area contributed by atoms with Crippen LogP contribution in [0.1, 0.15) is 73.5 Å². The van der Waals surface area contributed by atoms with Crippen LogP contribution >= 0.6 is 0 Å². The molecule has 2 aliphatic heterocycles. The Hall–Kier alpha value is -6.51. The van der Waals surface area contributed by atoms with Gasteiger partial charge < -0.3 is 29.6 Å². The van der Waals surface area contributed by atoms with Gasteiger partial charge in [-0.05, 0) is 103 Å². The lowest BCUT2D eigenvalue weighted by atomic mass is 9.72. The summed E-state index contributed by atoms with van der Waals surface area (Å²) in [6.07, 6.45) is 1.49. The number of rotatable bonds is 14. The number of piperazine rings is 1. The highest BCUT2D eigenvalue weighted by atomic mass is 32.2. The quantitative estimate of drug-likeness (QED) is 0.0711. The molecule has 20 heteroatoms. The monoisotopic (exact) mass is 972 g/mol. The van der Waals surface area contributed by atoms with Gasteiger partial charge >= 0.3 is 6.18 Å². The summed E-state index contributed by atoms with van der Waals surface area (Å²) in [6, 6.07) is 15.7. The minimum atomic E-state index is -4.66. The first-order chi connectivity index (χ1) is 32.7. The molecule has 2 saturated heterocycles. The Morgan fingerprint density at radius 1 is 1.03 bits per heavy atom. The Bertz CT molecular complexity index is 2910. The molecule has 69 heavy (non-hydrogen) atoms. The second-order valence-corrected chi connectivity index (χ2v) is 20.3. The summed E-state index contributed by atoms with van der Waals surface area (Å²) in [6.45, 7) is 12.3. The molecule has 0 bridgehead atoms. The smallest absolute Gasteiger partial charge is 0.416 e. The Kier molecular flexibility index (Phi) is 14.1. The Labute approximate surface area is 398 Å². The predicted molar refractivity (Wildman–Crippen MR) is 255 cm³/mol. The van der Waals surface area contributed by atoms with E-state index in [1.807, 2.05) is 0 Å². The standard InChI is InChI=1S/C49H55F3N8O8S/c1-31-23-35(49(50,51)52)5-8-40(31)42-27-48(3,4)14-11-34(42)29-57-17-19-58(20-18-57)36-6-9-41(45(25-36)68-38-24-33-12-15-54-46(33)55-28-38)47(62)56-69(65,66)39-7-10-43(44(26-39)60(63)64)53-16-13-37-30-59(32(2)61)21-22-67-37/h5-10,12,15,23-26,28,37,53H,11,13-14,16-22,27,29-30H2,1-4H3,(H,54,55)(H,56,62)/t37-/m1/s1. The number of nitrogens with one attached hydrogen (secondary N) is 3. The number of amides is 2. The third-order valence-electron chi connectivity index (χ3n) is 13.1. The molecule has 2 amide bonds. The number of allylic oxidation sites excluding steroid dienone is 1. The van der Waals surface area contributed by atoms with Gasteiger partial charge in [0.05, 0.1) is 39.9 Å². The minimum absolute atomic E-state index is 0.00148. The summed E-state index contributed by atoms with van der Waals surface area (Å²) in [5.74, 6) is -0.770. The summed E-state index contributed by atoms with van der Waals surface area (Å²) >= 11 is 0. The molecule has 5 aromatic rings. The van der Waals surface area contributed by atoms with Gasteiger partial charge in [-0.15, -0.1) is 0 Å². The van der Waals surface area contributed by atoms with Crippen LogP contribution in [0, 0.1) is 22.5 Å². The molecule has 2 fully saturated rings. The van der Waals surface area contributed by atoms with Crippen molar-refractivity contribution < 1.29 is 45.6 Å². The molecule has 2 aromatic heterocycles. The SMILES string of the molecule is CC(=O)N1CCO[C@H](CCNc2ccc(S(=O)(=O)NC(=O)c3ccc(N4CCN(CC5=C(c6ccc(C(F)(F)F)cc6C)CC(C)(C)CC5)CC4)cc3Oc3cnc4[nH]ccc4c3)cc2[N+](=O)[O-])C1. The van der Waals surface area contributed by atoms with E-state index in [9.17, 15) is 41.3 Å². The largest absolute Gasteiger partial charge is 0.455 e. The number of halogens is 3. The number of sulfonamides is 1. The first-order valence-electron chi connectivity index (χ1n) is 22.8. The lowest BCUT2D eigenvalue weighted by Crippen LogP contribution is -2.47. The first kappa shape index (κ1) is 48.9. The van der Waals surface area contributed by atoms with Crippen LogP contribution in [0.15, 0.2) is 89.6 Å². The number of fused-ring (bicyclic) bond motifs is 1. The van der Waals surface area contributed by atoms with E-state index in [2.05, 4.69) is 43.7 Å². The molecule has 0 radical (unpaired) electrons. The van der Waals surface area contributed by atoms with Gasteiger partial charge in [0.15, 0.2) is 0 Å². The Morgan fingerprint density at radius 2 is 1.81 bits per heavy atom. The summed E-state index contributed by atoms with van der Waals surface area (Å²) in [4.78, 5) is 50.3. The number of anilines is 2. The van der Waals surface area contributed by atoms with E-state index in [0.29, 0.717) is 75.7 Å². The highest BCUT2D eigenvalue weighted by molar-refractivity contribution is 7.90. The van der Waals surface area contributed by atoms with Crippen molar-refractivity contribution in [3.63, 3.8) is 0 Å². The molecule has 1 atom stereocenters. The maximum absolute atomic E-state index is 14.0. The van der Waals surface area contributed by atoms with Crippen LogP contribution in [0.2, 0.25) is 0 Å². The number of H-pyrrole nitrogens is 1. The van der Waals surface area contributed by atoms with E-state index in [-0.39, 0.29) is 46.7 Å². The zero-order valence-corrected chi connectivity index (χ0v) is 39.6. The number of morpholine rings is 1. The van der Waals surface area contributed by atoms with Crippen LogP contribution in [0.4, 0.5) is 30.2 Å². The van der Waals surface area contributed by atoms with Crippen molar-refractivity contribution in [2.24, 2.45) is 5.41 Å². The summed E-state index contributed by atoms with van der Waals surface area (Å²) in [7, 11) is -4.66. The third kappa shape index (κ3) is 11.5. The number of carbonyl (C=O) groups is 2. The van der Waals surface area contributed by atoms with Gasteiger partial charge in [-0.2, -0.15) is 13.2 Å². The number of nitrogens with zero attached hydrogens (tertiary/aromatic N) is 5. The summed E-state index contributed by atoms with van der Waals surface area (Å²) in [5, 5.41) is 15.9. The van der Waals surface area contributed by atoms with Crippen molar-refractivity contribution in [3.8, 4) is 11.5 Å². The molecular formula is C49H55F3N8O8S. The van der Waals surface area contributed by atoms with E-state index < -0.39 is 43.2 Å². The second kappa shape index (κ2) is 19.8. The van der Waals surface area contributed by atoms with Crippen LogP contribution in [-0.4, -0.2) is 110 Å². The van der Waals surface area contributed by atoms with Gasteiger partial charge in [0.2, 0.25) is 5.91 Å². The zero-order valence-electron chi connectivity index (χ0n) is 38.8. The van der Waals surface area contributed by atoms with Crippen molar-refractivity contribution in [1.82, 2.24) is 24.5 Å². The van der Waals surface area contributed by atoms with Gasteiger partial charge in [0.1, 0.15) is 22.8 Å². The zero-order chi connectivity index (χ0) is 49.3. The van der Waals surface area contributed by atoms with E-state index in [1.165, 1.54) is 49.0 Å². The van der Waals surface area contributed by atoms with Crippen molar-refractivity contribution in [3.05, 3.63) is 117 Å². The van der Waals surface area contributed by atoms with Gasteiger partial charge in [0.25, 0.3) is 21.6 Å². The Balaban J connectivity index is 0.984. The van der Waals surface area contributed by atoms with Gasteiger partial charge in [0, 0.05) is 88.7 Å². The minimum Gasteiger partial charge on any atom is -0.455 e. The number of carbonyl (C=O) groups excluding carboxylic acids is 2. The molecule has 1 aliphatic carbocycles. The summed E-state index contributed by atoms with van der Waals surface area (Å²) < 4.78 is 82.3. The van der Waals surface area contributed by atoms with Crippen LogP contribution in [0.5, 0.6) is 11.5 Å². The number of nitro groups is 1. The number of pyridine rings is 1. The lowest BCUT2D eigenvalue weighted by molar-refractivity contribution is -0.384. The van der Waals surface area contributed by atoms with Gasteiger partial charge in [-0.1, -0.05) is 25.5 Å². The molecule has 8 rings (SSSR count). The number of ether oxygens (including phenoxy) is 2. The highest BCUT2D eigenvalue weighted by Crippen LogP contribution is 2.45. The summed E-state index contributed by atoms with van der Waals surface area (Å²) in [5.41, 5.74) is 3.90. The van der Waals surface area contributed by atoms with Crippen LogP contribution in [0.25, 0.3) is 16.6 Å². The van der Waals surface area contributed by atoms with Crippen molar-refractivity contribution in [2.75, 3.05) is 69.2 Å². The van der Waals surface area contributed by atoms with Crippen LogP contribution in [-0.2, 0) is 25.7 Å². The molecule has 0 unspecified atom stereocenters. The molecular weight excluding hydrogens is 918 g/mol. The molecule has 16 nitrogen and oxygen atoms in total. The highest BCUT2D eigenvalue weighted by Gasteiger charge is 2.34.